The van der Waals surface area contributed by atoms with Gasteiger partial charge in [-0.1, -0.05) is 47.6 Å². The van der Waals surface area contributed by atoms with Gasteiger partial charge in [0, 0.05) is 31.3 Å². The summed E-state index contributed by atoms with van der Waals surface area (Å²) in [7, 11) is 1.97. The molecular formula is C17H29N3. The largest absolute Gasteiger partial charge is 0.272 e. The average molecular weight is 275 g/mol. The van der Waals surface area contributed by atoms with Crippen LogP contribution in [0.2, 0.25) is 0 Å². The monoisotopic (exact) mass is 275 g/mol. The van der Waals surface area contributed by atoms with E-state index in [1.807, 2.05) is 50.1 Å². The van der Waals surface area contributed by atoms with E-state index in [9.17, 15) is 0 Å². The molecule has 0 radical (unpaired) electrons. The van der Waals surface area contributed by atoms with Crippen LogP contribution in [-0.2, 0) is 7.05 Å². The molecule has 0 atom stereocenters. The maximum Gasteiger partial charge on any atom is 0.0492 e. The topological polar surface area (TPSA) is 30.7 Å². The highest BCUT2D eigenvalue weighted by Crippen LogP contribution is 2.11. The summed E-state index contributed by atoms with van der Waals surface area (Å²) in [6.45, 7) is 12.7. The molecule has 112 valence electrons. The number of aromatic nitrogens is 3. The van der Waals surface area contributed by atoms with E-state index < -0.39 is 0 Å². The number of nitrogens with zero attached hydrogens (tertiary/aromatic N) is 3. The Morgan fingerprint density at radius 3 is 1.85 bits per heavy atom. The van der Waals surface area contributed by atoms with Gasteiger partial charge < -0.3 is 0 Å². The minimum absolute atomic E-state index is 0.581. The molecule has 20 heavy (non-hydrogen) atoms. The number of pyridine rings is 1. The summed E-state index contributed by atoms with van der Waals surface area (Å²) in [6, 6.07) is 6.11. The summed E-state index contributed by atoms with van der Waals surface area (Å²) in [5.41, 5.74) is 2.59. The molecule has 2 aromatic heterocycles. The third kappa shape index (κ3) is 6.50. The van der Waals surface area contributed by atoms with Crippen molar-refractivity contribution in [3.8, 4) is 0 Å². The molecule has 0 aliphatic carbocycles. The van der Waals surface area contributed by atoms with Gasteiger partial charge in [-0.3, -0.25) is 9.67 Å². The molecule has 3 heteroatoms. The van der Waals surface area contributed by atoms with Crippen LogP contribution in [0.1, 0.15) is 64.6 Å². The summed E-state index contributed by atoms with van der Waals surface area (Å²) in [6.07, 6.45) is 5.53. The van der Waals surface area contributed by atoms with Crippen LogP contribution < -0.4 is 0 Å². The fraction of sp³-hybridized carbons (Fsp3) is 0.529. The van der Waals surface area contributed by atoms with Crippen molar-refractivity contribution < 1.29 is 0 Å². The molecule has 0 saturated heterocycles. The normalized spacial score (nSPS) is 9.65. The predicted molar refractivity (Wildman–Crippen MR) is 87.0 cm³/mol. The third-order valence-corrected chi connectivity index (χ3v) is 2.80. The summed E-state index contributed by atoms with van der Waals surface area (Å²) >= 11 is 0. The van der Waals surface area contributed by atoms with Gasteiger partial charge in [-0.15, -0.1) is 0 Å². The Morgan fingerprint density at radius 1 is 0.950 bits per heavy atom. The van der Waals surface area contributed by atoms with Crippen LogP contribution in [-0.4, -0.2) is 14.8 Å². The van der Waals surface area contributed by atoms with E-state index in [1.165, 1.54) is 11.3 Å². The molecule has 2 rings (SSSR count). The smallest absolute Gasteiger partial charge is 0.0492 e. The maximum absolute atomic E-state index is 4.05. The number of hydrogen-bond acceptors (Lipinski definition) is 2. The van der Waals surface area contributed by atoms with Crippen molar-refractivity contribution in [2.75, 3.05) is 0 Å². The quantitative estimate of drug-likeness (QED) is 0.790. The molecule has 0 fully saturated rings. The van der Waals surface area contributed by atoms with Crippen molar-refractivity contribution >= 4 is 0 Å². The van der Waals surface area contributed by atoms with Gasteiger partial charge in [-0.25, -0.2) is 0 Å². The molecule has 0 saturated carbocycles. The first-order valence-corrected chi connectivity index (χ1v) is 7.40. The molecule has 2 aromatic rings. The van der Waals surface area contributed by atoms with E-state index in [0.29, 0.717) is 11.8 Å². The van der Waals surface area contributed by atoms with Crippen LogP contribution in [0.3, 0.4) is 0 Å². The highest BCUT2D eigenvalue weighted by atomic mass is 15.3. The Bertz CT molecular complexity index is 444. The van der Waals surface area contributed by atoms with Gasteiger partial charge >= 0.3 is 0 Å². The second-order valence-corrected chi connectivity index (χ2v) is 4.98. The number of aryl methyl sites for hydroxylation is 1. The first-order chi connectivity index (χ1) is 9.52. The van der Waals surface area contributed by atoms with Gasteiger partial charge in [0.15, 0.2) is 0 Å². The van der Waals surface area contributed by atoms with Gasteiger partial charge in [0.05, 0.1) is 0 Å². The lowest BCUT2D eigenvalue weighted by Gasteiger charge is -2.02. The molecule has 0 aromatic carbocycles. The van der Waals surface area contributed by atoms with Crippen molar-refractivity contribution in [2.24, 2.45) is 7.05 Å². The van der Waals surface area contributed by atoms with E-state index in [1.54, 1.807) is 6.20 Å². The van der Waals surface area contributed by atoms with Crippen molar-refractivity contribution in [1.29, 1.82) is 0 Å². The van der Waals surface area contributed by atoms with Crippen LogP contribution in [0.4, 0.5) is 0 Å². The van der Waals surface area contributed by atoms with Crippen LogP contribution in [0.25, 0.3) is 0 Å². The van der Waals surface area contributed by atoms with Crippen molar-refractivity contribution in [3.63, 3.8) is 0 Å². The summed E-state index contributed by atoms with van der Waals surface area (Å²) < 4.78 is 1.91. The van der Waals surface area contributed by atoms with Gasteiger partial charge in [0.1, 0.15) is 0 Å². The lowest BCUT2D eigenvalue weighted by Crippen LogP contribution is -1.98. The molecule has 0 N–H and O–H groups in total. The fourth-order valence-electron chi connectivity index (χ4n) is 1.67. The summed E-state index contributed by atoms with van der Waals surface area (Å²) in [5, 5.41) is 4.05. The maximum atomic E-state index is 4.05. The zero-order valence-corrected chi connectivity index (χ0v) is 14.0. The zero-order valence-electron chi connectivity index (χ0n) is 14.0. The Balaban J connectivity index is 0.000000321. The summed E-state index contributed by atoms with van der Waals surface area (Å²) in [4.78, 5) is 4.01. The average Bonchev–Trinajstić information content (AvgIpc) is 2.89. The Hall–Kier alpha value is -1.64. The van der Waals surface area contributed by atoms with Crippen LogP contribution in [0.5, 0.6) is 0 Å². The van der Waals surface area contributed by atoms with Crippen molar-refractivity contribution in [3.05, 3.63) is 48.0 Å². The van der Waals surface area contributed by atoms with E-state index in [-0.39, 0.29) is 0 Å². The molecule has 0 unspecified atom stereocenters. The van der Waals surface area contributed by atoms with E-state index >= 15 is 0 Å². The molecule has 0 aliphatic heterocycles. The molecule has 2 heterocycles. The highest BCUT2D eigenvalue weighted by molar-refractivity contribution is 5.12. The number of hydrogen-bond donors (Lipinski definition) is 0. The van der Waals surface area contributed by atoms with Gasteiger partial charge in [-0.05, 0) is 29.5 Å². The Morgan fingerprint density at radius 2 is 1.60 bits per heavy atom. The first kappa shape index (κ1) is 18.4. The van der Waals surface area contributed by atoms with Crippen molar-refractivity contribution in [1.82, 2.24) is 14.8 Å². The molecule has 0 spiro atoms. The van der Waals surface area contributed by atoms with Crippen LogP contribution >= 0.6 is 0 Å². The van der Waals surface area contributed by atoms with E-state index in [4.69, 9.17) is 0 Å². The van der Waals surface area contributed by atoms with E-state index in [2.05, 4.69) is 43.8 Å². The first-order valence-electron chi connectivity index (χ1n) is 7.40. The standard InChI is InChI=1S/C8H11N.C7H12N2.C2H6/c1-7(2)8-4-3-5-9-6-8;1-6(2)7-4-5-8-9(7)3;1-2/h3-7H,1-2H3;4-6H,1-3H3;1-2H3. The molecule has 0 bridgehead atoms. The molecule has 0 aliphatic rings. The highest BCUT2D eigenvalue weighted by Gasteiger charge is 2.00. The van der Waals surface area contributed by atoms with Crippen molar-refractivity contribution in [2.45, 2.75) is 53.4 Å². The Kier molecular flexibility index (Phi) is 9.35. The molecule has 0 amide bonds. The fourth-order valence-corrected chi connectivity index (χ4v) is 1.67. The lowest BCUT2D eigenvalue weighted by molar-refractivity contribution is 0.669. The molecular weight excluding hydrogens is 246 g/mol. The van der Waals surface area contributed by atoms with Crippen LogP contribution in [0.15, 0.2) is 36.8 Å². The lowest BCUT2D eigenvalue weighted by atomic mass is 10.1. The van der Waals surface area contributed by atoms with Gasteiger partial charge in [-0.2, -0.15) is 5.10 Å². The number of rotatable bonds is 2. The second kappa shape index (κ2) is 10.2. The summed E-state index contributed by atoms with van der Waals surface area (Å²) in [5.74, 6) is 1.18. The molecule has 3 nitrogen and oxygen atoms in total. The van der Waals surface area contributed by atoms with Gasteiger partial charge in [0.25, 0.3) is 0 Å². The van der Waals surface area contributed by atoms with Crippen LogP contribution in [0, 0.1) is 0 Å². The second-order valence-electron chi connectivity index (χ2n) is 4.98. The third-order valence-electron chi connectivity index (χ3n) is 2.80. The minimum atomic E-state index is 0.581. The van der Waals surface area contributed by atoms with E-state index in [0.717, 1.165) is 0 Å². The SMILES string of the molecule is CC.CC(C)c1cccnc1.CC(C)c1ccnn1C. The Labute approximate surface area is 124 Å². The minimum Gasteiger partial charge on any atom is -0.272 e. The van der Waals surface area contributed by atoms with Gasteiger partial charge in [0.2, 0.25) is 0 Å². The predicted octanol–water partition coefficient (Wildman–Crippen LogP) is 4.77. The zero-order chi connectivity index (χ0) is 15.5.